The molecule has 4 aliphatic carbocycles. The molecule has 0 spiro atoms. The summed E-state index contributed by atoms with van der Waals surface area (Å²) in [6, 6.07) is 0. The zero-order valence-corrected chi connectivity index (χ0v) is 13.5. The van der Waals surface area contributed by atoms with Gasteiger partial charge in [0, 0.05) is 12.0 Å². The monoisotopic (exact) mass is 315 g/mol. The van der Waals surface area contributed by atoms with Crippen LogP contribution in [0.15, 0.2) is 0 Å². The molecule has 0 aromatic rings. The highest BCUT2D eigenvalue weighted by atomic mass is 32.2. The van der Waals surface area contributed by atoms with Crippen molar-refractivity contribution in [2.24, 2.45) is 17.8 Å². The van der Waals surface area contributed by atoms with Crippen LogP contribution >= 0.6 is 0 Å². The van der Waals surface area contributed by atoms with Crippen molar-refractivity contribution in [1.82, 2.24) is 4.72 Å². The maximum absolute atomic E-state index is 12.3. The van der Waals surface area contributed by atoms with Gasteiger partial charge in [-0.25, -0.2) is 13.1 Å². The van der Waals surface area contributed by atoms with Gasteiger partial charge >= 0.3 is 5.97 Å². The van der Waals surface area contributed by atoms with E-state index in [-0.39, 0.29) is 23.7 Å². The Bertz CT molecular complexity index is 478. The molecule has 5 nitrogen and oxygen atoms in total. The molecule has 0 radical (unpaired) electrons. The van der Waals surface area contributed by atoms with Crippen molar-refractivity contribution in [3.8, 4) is 0 Å². The van der Waals surface area contributed by atoms with Gasteiger partial charge in [-0.3, -0.25) is 4.79 Å². The normalized spacial score (nSPS) is 37.7. The average Bonchev–Trinajstić information content (AvgIpc) is 2.35. The van der Waals surface area contributed by atoms with Crippen molar-refractivity contribution < 1.29 is 17.9 Å². The molecule has 0 aromatic carbocycles. The van der Waals surface area contributed by atoms with Crippen molar-refractivity contribution in [2.75, 3.05) is 12.9 Å². The number of sulfonamides is 1. The number of carbonyl (C=O) groups excluding carboxylic acids is 1. The fraction of sp³-hybridized carbons (Fsp3) is 0.933. The lowest BCUT2D eigenvalue weighted by atomic mass is 9.53. The van der Waals surface area contributed by atoms with E-state index >= 15 is 0 Å². The lowest BCUT2D eigenvalue weighted by Crippen LogP contribution is -2.60. The van der Waals surface area contributed by atoms with Gasteiger partial charge in [0.15, 0.2) is 0 Å². The zero-order valence-electron chi connectivity index (χ0n) is 12.6. The second kappa shape index (κ2) is 5.54. The lowest BCUT2D eigenvalue weighted by Gasteiger charge is -2.56. The van der Waals surface area contributed by atoms with Gasteiger partial charge in [0.05, 0.1) is 12.9 Å². The molecule has 0 heterocycles. The smallest absolute Gasteiger partial charge is 0.305 e. The molecule has 21 heavy (non-hydrogen) atoms. The lowest BCUT2D eigenvalue weighted by molar-refractivity contribution is -0.140. The molecule has 4 bridgehead atoms. The Morgan fingerprint density at radius 1 is 1.14 bits per heavy atom. The predicted octanol–water partition coefficient (Wildman–Crippen LogP) is 1.83. The van der Waals surface area contributed by atoms with Crippen LogP contribution in [-0.2, 0) is 19.6 Å². The topological polar surface area (TPSA) is 72.5 Å². The summed E-state index contributed by atoms with van der Waals surface area (Å²) in [5.74, 6) is 1.82. The molecule has 0 unspecified atom stereocenters. The van der Waals surface area contributed by atoms with Crippen molar-refractivity contribution in [1.29, 1.82) is 0 Å². The second-order valence-corrected chi connectivity index (χ2v) is 9.14. The van der Waals surface area contributed by atoms with E-state index in [0.717, 1.165) is 19.3 Å². The third kappa shape index (κ3) is 3.42. The molecular formula is C15H25NO4S. The number of carbonyl (C=O) groups is 1. The number of hydrogen-bond donors (Lipinski definition) is 1. The summed E-state index contributed by atoms with van der Waals surface area (Å²) < 4.78 is 32.2. The first kappa shape index (κ1) is 15.3. The number of ether oxygens (including phenoxy) is 1. The van der Waals surface area contributed by atoms with Gasteiger partial charge in [0.2, 0.25) is 10.0 Å². The van der Waals surface area contributed by atoms with Crippen molar-refractivity contribution >= 4 is 16.0 Å². The Balaban J connectivity index is 1.59. The minimum atomic E-state index is -3.31. The first-order valence-electron chi connectivity index (χ1n) is 7.98. The van der Waals surface area contributed by atoms with Gasteiger partial charge in [-0.05, 0) is 62.7 Å². The SMILES string of the molecule is COC(=O)CCCS(=O)(=O)NC12CC3CC(CC(C3)C1)C2. The van der Waals surface area contributed by atoms with Crippen LogP contribution in [0.4, 0.5) is 0 Å². The van der Waals surface area contributed by atoms with E-state index in [9.17, 15) is 13.2 Å². The summed E-state index contributed by atoms with van der Waals surface area (Å²) in [5, 5.41) is 0. The summed E-state index contributed by atoms with van der Waals surface area (Å²) in [6.45, 7) is 0. The highest BCUT2D eigenvalue weighted by molar-refractivity contribution is 7.89. The Labute approximate surface area is 126 Å². The Kier molecular flexibility index (Phi) is 4.03. The van der Waals surface area contributed by atoms with Crippen LogP contribution in [0.5, 0.6) is 0 Å². The third-order valence-corrected chi connectivity index (χ3v) is 7.00. The molecular weight excluding hydrogens is 290 g/mol. The molecule has 0 atom stereocenters. The maximum atomic E-state index is 12.3. The zero-order chi connectivity index (χ0) is 15.1. The largest absolute Gasteiger partial charge is 0.469 e. The predicted molar refractivity (Wildman–Crippen MR) is 79.1 cm³/mol. The molecule has 4 aliphatic rings. The standard InChI is InChI=1S/C15H25NO4S/c1-20-14(17)3-2-4-21(18,19)16-15-8-11-5-12(9-15)7-13(6-11)10-15/h11-13,16H,2-10H2,1H3. The molecule has 0 aromatic heterocycles. The Hall–Kier alpha value is -0.620. The van der Waals surface area contributed by atoms with Crippen LogP contribution in [-0.4, -0.2) is 32.8 Å². The summed E-state index contributed by atoms with van der Waals surface area (Å²) in [4.78, 5) is 11.1. The molecule has 6 heteroatoms. The molecule has 4 saturated carbocycles. The van der Waals surface area contributed by atoms with E-state index in [4.69, 9.17) is 0 Å². The van der Waals surface area contributed by atoms with Crippen LogP contribution in [0, 0.1) is 17.8 Å². The molecule has 120 valence electrons. The van der Waals surface area contributed by atoms with Gasteiger partial charge in [0.1, 0.15) is 0 Å². The molecule has 0 saturated heterocycles. The van der Waals surface area contributed by atoms with E-state index in [0.29, 0.717) is 24.2 Å². The van der Waals surface area contributed by atoms with Crippen LogP contribution in [0.3, 0.4) is 0 Å². The van der Waals surface area contributed by atoms with Crippen LogP contribution in [0.2, 0.25) is 0 Å². The number of nitrogens with one attached hydrogen (secondary N) is 1. The first-order chi connectivity index (χ1) is 9.90. The number of hydrogen-bond acceptors (Lipinski definition) is 4. The van der Waals surface area contributed by atoms with Gasteiger partial charge in [-0.15, -0.1) is 0 Å². The van der Waals surface area contributed by atoms with Crippen molar-refractivity contribution in [2.45, 2.75) is 56.9 Å². The second-order valence-electron chi connectivity index (χ2n) is 7.30. The number of methoxy groups -OCH3 is 1. The summed E-state index contributed by atoms with van der Waals surface area (Å²) >= 11 is 0. The summed E-state index contributed by atoms with van der Waals surface area (Å²) in [6.07, 6.45) is 7.41. The van der Waals surface area contributed by atoms with Gasteiger partial charge in [-0.1, -0.05) is 0 Å². The minimum absolute atomic E-state index is 0.0177. The molecule has 0 aliphatic heterocycles. The van der Waals surface area contributed by atoms with Crippen molar-refractivity contribution in [3.63, 3.8) is 0 Å². The van der Waals surface area contributed by atoms with Gasteiger partial charge in [-0.2, -0.15) is 0 Å². The summed E-state index contributed by atoms with van der Waals surface area (Å²) in [5.41, 5.74) is -0.182. The van der Waals surface area contributed by atoms with Crippen LogP contribution in [0.1, 0.15) is 51.4 Å². The Morgan fingerprint density at radius 3 is 2.14 bits per heavy atom. The highest BCUT2D eigenvalue weighted by Gasteiger charge is 2.52. The quantitative estimate of drug-likeness (QED) is 0.759. The van der Waals surface area contributed by atoms with E-state index in [2.05, 4.69) is 9.46 Å². The molecule has 4 fully saturated rings. The van der Waals surface area contributed by atoms with E-state index in [1.54, 1.807) is 0 Å². The van der Waals surface area contributed by atoms with E-state index < -0.39 is 10.0 Å². The highest BCUT2D eigenvalue weighted by Crippen LogP contribution is 2.55. The third-order valence-electron chi connectivity index (χ3n) is 5.43. The van der Waals surface area contributed by atoms with Crippen LogP contribution < -0.4 is 4.72 Å². The average molecular weight is 315 g/mol. The number of rotatable bonds is 6. The maximum Gasteiger partial charge on any atom is 0.305 e. The minimum Gasteiger partial charge on any atom is -0.469 e. The summed E-state index contributed by atoms with van der Waals surface area (Å²) in [7, 11) is -1.98. The fourth-order valence-corrected chi connectivity index (χ4v) is 6.66. The molecule has 4 rings (SSSR count). The first-order valence-corrected chi connectivity index (χ1v) is 9.63. The van der Waals surface area contributed by atoms with Crippen LogP contribution in [0.25, 0.3) is 0 Å². The fourth-order valence-electron chi connectivity index (χ4n) is 5.13. The van der Waals surface area contributed by atoms with Gasteiger partial charge in [0.25, 0.3) is 0 Å². The van der Waals surface area contributed by atoms with Crippen molar-refractivity contribution in [3.05, 3.63) is 0 Å². The number of esters is 1. The van der Waals surface area contributed by atoms with E-state index in [1.807, 2.05) is 0 Å². The Morgan fingerprint density at radius 2 is 1.67 bits per heavy atom. The molecule has 0 amide bonds. The van der Waals surface area contributed by atoms with E-state index in [1.165, 1.54) is 26.4 Å². The van der Waals surface area contributed by atoms with Gasteiger partial charge < -0.3 is 4.74 Å². The molecule has 1 N–H and O–H groups in total.